The van der Waals surface area contributed by atoms with Crippen LogP contribution in [0.5, 0.6) is 0 Å². The molecule has 0 aliphatic heterocycles. The van der Waals surface area contributed by atoms with E-state index in [9.17, 15) is 9.59 Å². The molecule has 0 spiro atoms. The molecule has 0 aromatic rings. The minimum atomic E-state index is -1.06. The van der Waals surface area contributed by atoms with E-state index in [0.717, 1.165) is 6.42 Å². The molecule has 1 amide bonds. The second kappa shape index (κ2) is 4.96. The molecule has 0 aromatic carbocycles. The summed E-state index contributed by atoms with van der Waals surface area (Å²) in [5, 5.41) is 11.5. The van der Waals surface area contributed by atoms with E-state index in [2.05, 4.69) is 5.32 Å². The number of rotatable bonds is 4. The standard InChI is InChI=1S/C11H19NO3/c1-6-11(4,5)12-9(13)7(2)8(3)10(14)15/h6H2,1-5H3,(H,12,13)(H,14,15). The molecule has 4 heteroatoms. The molecule has 0 bridgehead atoms. The van der Waals surface area contributed by atoms with E-state index in [0.29, 0.717) is 0 Å². The quantitative estimate of drug-likeness (QED) is 0.699. The molecule has 0 aliphatic carbocycles. The van der Waals surface area contributed by atoms with Crippen LogP contribution in [-0.2, 0) is 9.59 Å². The molecule has 0 fully saturated rings. The number of carbonyl (C=O) groups excluding carboxylic acids is 1. The van der Waals surface area contributed by atoms with Gasteiger partial charge in [-0.2, -0.15) is 0 Å². The van der Waals surface area contributed by atoms with Crippen LogP contribution in [0.1, 0.15) is 41.0 Å². The Morgan fingerprint density at radius 2 is 1.67 bits per heavy atom. The van der Waals surface area contributed by atoms with Gasteiger partial charge in [0.25, 0.3) is 0 Å². The zero-order valence-corrected chi connectivity index (χ0v) is 9.97. The summed E-state index contributed by atoms with van der Waals surface area (Å²) >= 11 is 0. The van der Waals surface area contributed by atoms with E-state index in [1.807, 2.05) is 20.8 Å². The topological polar surface area (TPSA) is 66.4 Å². The third-order valence-electron chi connectivity index (χ3n) is 2.56. The Morgan fingerprint density at radius 1 is 1.20 bits per heavy atom. The molecule has 0 radical (unpaired) electrons. The molecular formula is C11H19NO3. The lowest BCUT2D eigenvalue weighted by molar-refractivity contribution is -0.133. The van der Waals surface area contributed by atoms with Gasteiger partial charge >= 0.3 is 5.97 Å². The molecule has 4 nitrogen and oxygen atoms in total. The van der Waals surface area contributed by atoms with E-state index < -0.39 is 5.97 Å². The van der Waals surface area contributed by atoms with Crippen LogP contribution in [0.15, 0.2) is 11.1 Å². The van der Waals surface area contributed by atoms with Crippen LogP contribution in [0.25, 0.3) is 0 Å². The van der Waals surface area contributed by atoms with Crippen LogP contribution in [0.2, 0.25) is 0 Å². The van der Waals surface area contributed by atoms with Crippen molar-refractivity contribution in [3.63, 3.8) is 0 Å². The molecule has 0 aromatic heterocycles. The zero-order valence-electron chi connectivity index (χ0n) is 9.97. The number of amides is 1. The number of hydrogen-bond donors (Lipinski definition) is 2. The fourth-order valence-electron chi connectivity index (χ4n) is 0.820. The summed E-state index contributed by atoms with van der Waals surface area (Å²) in [5.74, 6) is -1.38. The van der Waals surface area contributed by atoms with Crippen molar-refractivity contribution in [2.45, 2.75) is 46.6 Å². The van der Waals surface area contributed by atoms with Crippen LogP contribution in [0.3, 0.4) is 0 Å². The molecule has 0 atom stereocenters. The largest absolute Gasteiger partial charge is 0.478 e. The number of carboxylic acids is 1. The highest BCUT2D eigenvalue weighted by Gasteiger charge is 2.20. The predicted molar refractivity (Wildman–Crippen MR) is 58.5 cm³/mol. The summed E-state index contributed by atoms with van der Waals surface area (Å²) in [5.41, 5.74) is 0.0281. The normalized spacial score (nSPS) is 13.1. The molecule has 2 N–H and O–H groups in total. The Balaban J connectivity index is 4.75. The fourth-order valence-corrected chi connectivity index (χ4v) is 0.820. The van der Waals surface area contributed by atoms with E-state index in [4.69, 9.17) is 5.11 Å². The SMILES string of the molecule is CCC(C)(C)NC(=O)C(C)=C(C)C(=O)O. The lowest BCUT2D eigenvalue weighted by Crippen LogP contribution is -2.43. The van der Waals surface area contributed by atoms with Gasteiger partial charge in [0.1, 0.15) is 0 Å². The summed E-state index contributed by atoms with van der Waals surface area (Å²) in [6.07, 6.45) is 0.790. The molecule has 15 heavy (non-hydrogen) atoms. The molecule has 0 heterocycles. The number of aliphatic carboxylic acids is 1. The Labute approximate surface area is 90.4 Å². The van der Waals surface area contributed by atoms with Gasteiger partial charge in [-0.05, 0) is 34.1 Å². The van der Waals surface area contributed by atoms with Gasteiger partial charge in [0.15, 0.2) is 0 Å². The van der Waals surface area contributed by atoms with Gasteiger partial charge in [-0.25, -0.2) is 4.79 Å². The molecule has 0 saturated heterocycles. The van der Waals surface area contributed by atoms with Crippen molar-refractivity contribution in [2.75, 3.05) is 0 Å². The predicted octanol–water partition coefficient (Wildman–Crippen LogP) is 1.71. The Hall–Kier alpha value is -1.32. The van der Waals surface area contributed by atoms with Gasteiger partial charge in [0.2, 0.25) is 5.91 Å². The summed E-state index contributed by atoms with van der Waals surface area (Å²) < 4.78 is 0. The monoisotopic (exact) mass is 213 g/mol. The van der Waals surface area contributed by atoms with Gasteiger partial charge < -0.3 is 10.4 Å². The van der Waals surface area contributed by atoms with Crippen LogP contribution in [0, 0.1) is 0 Å². The summed E-state index contributed by atoms with van der Waals surface area (Å²) in [4.78, 5) is 22.3. The van der Waals surface area contributed by atoms with Crippen LogP contribution in [-0.4, -0.2) is 22.5 Å². The first-order chi connectivity index (χ1) is 6.71. The van der Waals surface area contributed by atoms with Crippen molar-refractivity contribution >= 4 is 11.9 Å². The molecule has 0 saturated carbocycles. The maximum Gasteiger partial charge on any atom is 0.331 e. The van der Waals surface area contributed by atoms with Crippen molar-refractivity contribution in [3.8, 4) is 0 Å². The van der Waals surface area contributed by atoms with Crippen molar-refractivity contribution < 1.29 is 14.7 Å². The highest BCUT2D eigenvalue weighted by atomic mass is 16.4. The van der Waals surface area contributed by atoms with Crippen LogP contribution >= 0.6 is 0 Å². The Morgan fingerprint density at radius 3 is 2.00 bits per heavy atom. The first-order valence-corrected chi connectivity index (χ1v) is 4.94. The maximum absolute atomic E-state index is 11.6. The van der Waals surface area contributed by atoms with E-state index in [-0.39, 0.29) is 22.6 Å². The number of hydrogen-bond acceptors (Lipinski definition) is 2. The lowest BCUT2D eigenvalue weighted by atomic mass is 10.0. The molecule has 0 aliphatic rings. The molecule has 0 rings (SSSR count). The summed E-state index contributed by atoms with van der Waals surface area (Å²) in [6.45, 7) is 8.70. The van der Waals surface area contributed by atoms with E-state index in [1.54, 1.807) is 0 Å². The van der Waals surface area contributed by atoms with Crippen LogP contribution < -0.4 is 5.32 Å². The summed E-state index contributed by atoms with van der Waals surface area (Å²) in [6, 6.07) is 0. The van der Waals surface area contributed by atoms with E-state index in [1.165, 1.54) is 13.8 Å². The highest BCUT2D eigenvalue weighted by molar-refractivity contribution is 6.01. The number of carboxylic acid groups (broad SMARTS) is 1. The smallest absolute Gasteiger partial charge is 0.331 e. The van der Waals surface area contributed by atoms with Crippen molar-refractivity contribution in [2.24, 2.45) is 0 Å². The molecule has 86 valence electrons. The van der Waals surface area contributed by atoms with Crippen molar-refractivity contribution in [1.82, 2.24) is 5.32 Å². The minimum absolute atomic E-state index is 0.0828. The number of carbonyl (C=O) groups is 2. The minimum Gasteiger partial charge on any atom is -0.478 e. The third-order valence-corrected chi connectivity index (χ3v) is 2.56. The third kappa shape index (κ3) is 4.14. The molecule has 0 unspecified atom stereocenters. The average molecular weight is 213 g/mol. The van der Waals surface area contributed by atoms with Gasteiger partial charge in [-0.3, -0.25) is 4.79 Å². The second-order valence-corrected chi connectivity index (χ2v) is 4.25. The van der Waals surface area contributed by atoms with Gasteiger partial charge in [-0.15, -0.1) is 0 Å². The van der Waals surface area contributed by atoms with Gasteiger partial charge in [0, 0.05) is 16.7 Å². The highest BCUT2D eigenvalue weighted by Crippen LogP contribution is 2.10. The second-order valence-electron chi connectivity index (χ2n) is 4.25. The Kier molecular flexibility index (Phi) is 4.52. The number of nitrogens with one attached hydrogen (secondary N) is 1. The molecular weight excluding hydrogens is 194 g/mol. The summed E-state index contributed by atoms with van der Waals surface area (Å²) in [7, 11) is 0. The maximum atomic E-state index is 11.6. The Bertz CT molecular complexity index is 303. The van der Waals surface area contributed by atoms with Crippen molar-refractivity contribution in [3.05, 3.63) is 11.1 Å². The zero-order chi connectivity index (χ0) is 12.2. The van der Waals surface area contributed by atoms with Gasteiger partial charge in [-0.1, -0.05) is 6.92 Å². The first-order valence-electron chi connectivity index (χ1n) is 4.94. The van der Waals surface area contributed by atoms with E-state index >= 15 is 0 Å². The average Bonchev–Trinajstić information content (AvgIpc) is 2.14. The lowest BCUT2D eigenvalue weighted by Gasteiger charge is -2.24. The van der Waals surface area contributed by atoms with Gasteiger partial charge in [0.05, 0.1) is 0 Å². The fraction of sp³-hybridized carbons (Fsp3) is 0.636. The van der Waals surface area contributed by atoms with Crippen LogP contribution in [0.4, 0.5) is 0 Å². The first kappa shape index (κ1) is 13.7. The van der Waals surface area contributed by atoms with Crippen molar-refractivity contribution in [1.29, 1.82) is 0 Å².